The molecule has 1 aliphatic heterocycles. The zero-order chi connectivity index (χ0) is 33.3. The van der Waals surface area contributed by atoms with Crippen molar-refractivity contribution >= 4 is 32.9 Å². The quantitative estimate of drug-likeness (QED) is 0.270. The fourth-order valence-corrected chi connectivity index (χ4v) is 6.85. The number of halogens is 3. The number of rotatable bonds is 10. The first kappa shape index (κ1) is 34.2. The Labute approximate surface area is 262 Å². The molecule has 0 aliphatic carbocycles. The number of aryl methyl sites for hydroxylation is 1. The van der Waals surface area contributed by atoms with Gasteiger partial charge in [-0.25, -0.2) is 31.4 Å². The third kappa shape index (κ3) is 7.58. The first-order valence-electron chi connectivity index (χ1n) is 14.8. The van der Waals surface area contributed by atoms with E-state index >= 15 is 8.78 Å². The molecular weight excluding hydrogens is 609 g/mol. The minimum absolute atomic E-state index is 0.0200. The number of pyridine rings is 1. The summed E-state index contributed by atoms with van der Waals surface area (Å²) in [5, 5.41) is 0.657. The molecule has 4 rings (SSSR count). The maximum Gasteiger partial charge on any atom is 0.410 e. The number of amides is 2. The van der Waals surface area contributed by atoms with Crippen molar-refractivity contribution in [3.05, 3.63) is 59.2 Å². The van der Waals surface area contributed by atoms with Crippen molar-refractivity contribution < 1.29 is 35.9 Å². The summed E-state index contributed by atoms with van der Waals surface area (Å²) >= 11 is 0. The van der Waals surface area contributed by atoms with Crippen molar-refractivity contribution in [3.8, 4) is 11.3 Å². The molecule has 0 unspecified atom stereocenters. The second kappa shape index (κ2) is 13.3. The summed E-state index contributed by atoms with van der Waals surface area (Å²) < 4.78 is 76.5. The van der Waals surface area contributed by atoms with Crippen molar-refractivity contribution in [3.63, 3.8) is 0 Å². The number of nitrogens with zero attached hydrogens (tertiary/aromatic N) is 4. The molecule has 13 heteroatoms. The minimum atomic E-state index is -4.29. The van der Waals surface area contributed by atoms with Crippen LogP contribution in [0.4, 0.5) is 18.0 Å². The van der Waals surface area contributed by atoms with Gasteiger partial charge in [-0.3, -0.25) is 4.79 Å². The van der Waals surface area contributed by atoms with Crippen molar-refractivity contribution in [1.82, 2.24) is 19.1 Å². The van der Waals surface area contributed by atoms with E-state index in [2.05, 4.69) is 4.98 Å². The first-order chi connectivity index (χ1) is 21.0. The van der Waals surface area contributed by atoms with E-state index in [1.165, 1.54) is 21.9 Å². The number of ether oxygens (including phenoxy) is 1. The summed E-state index contributed by atoms with van der Waals surface area (Å²) in [6, 6.07) is 7.75. The van der Waals surface area contributed by atoms with Gasteiger partial charge in [0, 0.05) is 51.2 Å². The highest BCUT2D eigenvalue weighted by Crippen LogP contribution is 2.32. The van der Waals surface area contributed by atoms with Crippen molar-refractivity contribution in [2.75, 3.05) is 40.3 Å². The van der Waals surface area contributed by atoms with E-state index in [1.807, 2.05) is 20.8 Å². The third-order valence-electron chi connectivity index (χ3n) is 7.91. The molecule has 244 valence electrons. The summed E-state index contributed by atoms with van der Waals surface area (Å²) in [7, 11) is -1.09. The molecule has 0 spiro atoms. The lowest BCUT2D eigenvalue weighted by atomic mass is 10.0. The van der Waals surface area contributed by atoms with Crippen LogP contribution >= 0.6 is 0 Å². The Kier molecular flexibility index (Phi) is 10.1. The number of likely N-dealkylation sites (N-methyl/N-ethyl adjacent to an activating group) is 2. The van der Waals surface area contributed by atoms with E-state index in [-0.39, 0.29) is 49.8 Å². The van der Waals surface area contributed by atoms with Crippen molar-refractivity contribution in [2.45, 2.75) is 63.6 Å². The maximum absolute atomic E-state index is 15.3. The summed E-state index contributed by atoms with van der Waals surface area (Å²) in [4.78, 5) is 32.4. The monoisotopic (exact) mass is 648 g/mol. The summed E-state index contributed by atoms with van der Waals surface area (Å²) in [6.07, 6.45) is -0.211. The van der Waals surface area contributed by atoms with Gasteiger partial charge < -0.3 is 14.5 Å². The molecule has 9 nitrogen and oxygen atoms in total. The number of carbonyl (C=O) groups is 2. The topological polar surface area (TPSA) is 100 Å². The maximum atomic E-state index is 15.3. The highest BCUT2D eigenvalue weighted by molar-refractivity contribution is 7.89. The number of hydrogen-bond acceptors (Lipinski definition) is 6. The van der Waals surface area contributed by atoms with E-state index in [1.54, 1.807) is 33.2 Å². The van der Waals surface area contributed by atoms with Crippen LogP contribution in [0.2, 0.25) is 0 Å². The van der Waals surface area contributed by atoms with Crippen LogP contribution in [0.15, 0.2) is 41.3 Å². The number of fused-ring (bicyclic) bond motifs is 1. The summed E-state index contributed by atoms with van der Waals surface area (Å²) in [5.74, 6) is -2.62. The second-order valence-corrected chi connectivity index (χ2v) is 14.0. The lowest BCUT2D eigenvalue weighted by molar-refractivity contribution is 0.0113. The van der Waals surface area contributed by atoms with Crippen LogP contribution in [0.1, 0.15) is 56.0 Å². The van der Waals surface area contributed by atoms with Crippen LogP contribution in [0, 0.1) is 18.6 Å². The van der Waals surface area contributed by atoms with Crippen LogP contribution in [-0.2, 0) is 14.8 Å². The first-order valence-corrected chi connectivity index (χ1v) is 16.2. The van der Waals surface area contributed by atoms with Gasteiger partial charge in [0.1, 0.15) is 23.4 Å². The fraction of sp³-hybridized carbons (Fsp3) is 0.469. The van der Waals surface area contributed by atoms with Gasteiger partial charge in [-0.15, -0.1) is 0 Å². The summed E-state index contributed by atoms with van der Waals surface area (Å²) in [6.45, 7) is 7.44. The number of sulfonamides is 1. The van der Waals surface area contributed by atoms with Gasteiger partial charge in [-0.1, -0.05) is 19.4 Å². The van der Waals surface area contributed by atoms with E-state index in [0.717, 1.165) is 17.1 Å². The van der Waals surface area contributed by atoms with E-state index in [4.69, 9.17) is 4.74 Å². The van der Waals surface area contributed by atoms with Crippen LogP contribution < -0.4 is 0 Å². The molecule has 0 saturated carbocycles. The summed E-state index contributed by atoms with van der Waals surface area (Å²) in [5.41, 5.74) is 0.0287. The van der Waals surface area contributed by atoms with Gasteiger partial charge in [0.25, 0.3) is 5.91 Å². The lowest BCUT2D eigenvalue weighted by Gasteiger charge is -2.28. The standard InChI is InChI=1S/C32H39F3N4O5S/c1-7-11-32(3,4)44-31(41)38(6)14-13-37(5)30(40)21-8-9-24-20(2)15-28(36-27(24)16-21)29-25(34)17-23(18-26(29)35)45(42,43)39-12-10-22(33)19-39/h8-9,15-18,22H,7,10-14,19H2,1-6H3/t22-/m0/s1. The molecule has 1 aliphatic rings. The molecule has 1 fully saturated rings. The smallest absolute Gasteiger partial charge is 0.410 e. The van der Waals surface area contributed by atoms with Gasteiger partial charge in [-0.05, 0) is 69.5 Å². The number of hydrogen-bond donors (Lipinski definition) is 0. The predicted molar refractivity (Wildman–Crippen MR) is 165 cm³/mol. The van der Waals surface area contributed by atoms with Crippen molar-refractivity contribution in [1.29, 1.82) is 0 Å². The Morgan fingerprint density at radius 2 is 1.71 bits per heavy atom. The Bertz CT molecular complexity index is 1690. The highest BCUT2D eigenvalue weighted by atomic mass is 32.2. The molecule has 1 aromatic heterocycles. The van der Waals surface area contributed by atoms with E-state index < -0.39 is 50.0 Å². The van der Waals surface area contributed by atoms with Gasteiger partial charge in [-0.2, -0.15) is 4.31 Å². The molecule has 1 saturated heterocycles. The molecule has 45 heavy (non-hydrogen) atoms. The molecule has 2 aromatic carbocycles. The molecule has 0 radical (unpaired) electrons. The van der Waals surface area contributed by atoms with E-state index in [9.17, 15) is 22.4 Å². The molecule has 3 aromatic rings. The molecule has 0 bridgehead atoms. The normalized spacial score (nSPS) is 15.8. The fourth-order valence-electron chi connectivity index (χ4n) is 5.34. The van der Waals surface area contributed by atoms with Gasteiger partial charge >= 0.3 is 6.09 Å². The third-order valence-corrected chi connectivity index (χ3v) is 9.75. The zero-order valence-electron chi connectivity index (χ0n) is 26.4. The molecule has 2 heterocycles. The van der Waals surface area contributed by atoms with Crippen molar-refractivity contribution in [2.24, 2.45) is 0 Å². The number of alkyl halides is 1. The van der Waals surface area contributed by atoms with Crippen LogP contribution in [0.3, 0.4) is 0 Å². The number of benzene rings is 2. The van der Waals surface area contributed by atoms with Crippen LogP contribution in [-0.4, -0.2) is 91.6 Å². The van der Waals surface area contributed by atoms with Gasteiger partial charge in [0.15, 0.2) is 0 Å². The lowest BCUT2D eigenvalue weighted by Crippen LogP contribution is -2.40. The zero-order valence-corrected chi connectivity index (χ0v) is 27.2. The second-order valence-electron chi connectivity index (χ2n) is 12.1. The molecule has 1 atom stereocenters. The van der Waals surface area contributed by atoms with Gasteiger partial charge in [0.05, 0.1) is 21.7 Å². The average Bonchev–Trinajstić information content (AvgIpc) is 3.41. The van der Waals surface area contributed by atoms with Gasteiger partial charge in [0.2, 0.25) is 10.0 Å². The predicted octanol–water partition coefficient (Wildman–Crippen LogP) is 5.94. The number of aromatic nitrogens is 1. The van der Waals surface area contributed by atoms with E-state index in [0.29, 0.717) is 28.6 Å². The molecule has 0 N–H and O–H groups in total. The van der Waals surface area contributed by atoms with Crippen LogP contribution in [0.5, 0.6) is 0 Å². The van der Waals surface area contributed by atoms with Crippen LogP contribution in [0.25, 0.3) is 22.2 Å². The Morgan fingerprint density at radius 3 is 2.31 bits per heavy atom. The highest BCUT2D eigenvalue weighted by Gasteiger charge is 2.34. The Balaban J connectivity index is 1.55. The minimum Gasteiger partial charge on any atom is -0.443 e. The Morgan fingerprint density at radius 1 is 1.07 bits per heavy atom. The Hall–Kier alpha value is -3.71. The number of carbonyl (C=O) groups excluding carboxylic acids is 2. The molecular formula is C32H39F3N4O5S. The SMILES string of the molecule is CCCC(C)(C)OC(=O)N(C)CCN(C)C(=O)c1ccc2c(C)cc(-c3c(F)cc(S(=O)(=O)N4CC[C@H](F)C4)cc3F)nc2c1. The average molecular weight is 649 g/mol. The largest absolute Gasteiger partial charge is 0.443 e. The molecule has 2 amide bonds.